The van der Waals surface area contributed by atoms with Gasteiger partial charge in [-0.05, 0) is 23.4 Å². The number of ether oxygens (including phenoxy) is 1. The van der Waals surface area contributed by atoms with Crippen LogP contribution in [0, 0.1) is 5.92 Å². The first-order chi connectivity index (χ1) is 13.1. The number of sulfonamides is 1. The van der Waals surface area contributed by atoms with Crippen LogP contribution in [0.25, 0.3) is 10.8 Å². The van der Waals surface area contributed by atoms with Crippen LogP contribution in [0.5, 0.6) is 0 Å². The molecule has 2 aromatic carbocycles. The molecule has 0 saturated heterocycles. The lowest BCUT2D eigenvalue weighted by Gasteiger charge is -2.22. The fourth-order valence-electron chi connectivity index (χ4n) is 3.11. The molecule has 2 aromatic rings. The van der Waals surface area contributed by atoms with Crippen molar-refractivity contribution in [2.45, 2.75) is 24.8 Å². The molecule has 1 aliphatic heterocycles. The van der Waals surface area contributed by atoms with Crippen LogP contribution in [0.4, 0.5) is 10.5 Å². The second-order valence-electron chi connectivity index (χ2n) is 6.65. The zero-order valence-corrected chi connectivity index (χ0v) is 16.0. The van der Waals surface area contributed by atoms with Gasteiger partial charge in [0.25, 0.3) is 15.9 Å². The fraction of sp³-hybridized carbons (Fsp3) is 0.278. The van der Waals surface area contributed by atoms with E-state index in [1.165, 1.54) is 6.07 Å². The molecule has 0 fully saturated rings. The maximum atomic E-state index is 12.9. The predicted molar refractivity (Wildman–Crippen MR) is 101 cm³/mol. The highest BCUT2D eigenvalue weighted by Gasteiger charge is 2.38. The number of urea groups is 1. The Balaban J connectivity index is 1.86. The van der Waals surface area contributed by atoms with Crippen LogP contribution >= 0.6 is 0 Å². The smallest absolute Gasteiger partial charge is 0.327 e. The molecule has 9 nitrogen and oxygen atoms in total. The van der Waals surface area contributed by atoms with Crippen molar-refractivity contribution in [3.05, 3.63) is 36.4 Å². The maximum Gasteiger partial charge on any atom is 0.327 e. The van der Waals surface area contributed by atoms with Gasteiger partial charge in [-0.2, -0.15) is 0 Å². The quantitative estimate of drug-likeness (QED) is 0.715. The molecule has 10 heteroatoms. The number of benzene rings is 2. The fourth-order valence-corrected chi connectivity index (χ4v) is 4.76. The number of primary amides is 1. The number of anilines is 1. The SMILES string of the molecule is CC(C)[C@H](OC(=O)CN1c2cccc3cccc(c23)S1(=O)=O)C(=O)NC(N)=O. The van der Waals surface area contributed by atoms with Gasteiger partial charge in [0.15, 0.2) is 6.10 Å². The first-order valence-electron chi connectivity index (χ1n) is 8.47. The average molecular weight is 405 g/mol. The van der Waals surface area contributed by atoms with E-state index in [0.717, 1.165) is 9.69 Å². The van der Waals surface area contributed by atoms with E-state index in [4.69, 9.17) is 10.5 Å². The zero-order valence-electron chi connectivity index (χ0n) is 15.2. The van der Waals surface area contributed by atoms with Gasteiger partial charge in [0.1, 0.15) is 6.54 Å². The molecular weight excluding hydrogens is 386 g/mol. The second-order valence-corrected chi connectivity index (χ2v) is 8.48. The molecule has 0 saturated carbocycles. The predicted octanol–water partition coefficient (Wildman–Crippen LogP) is 1.11. The number of carbonyl (C=O) groups excluding carboxylic acids is 3. The molecule has 0 radical (unpaired) electrons. The van der Waals surface area contributed by atoms with Crippen molar-refractivity contribution in [1.82, 2.24) is 5.32 Å². The first kappa shape index (κ1) is 19.6. The number of imide groups is 1. The average Bonchev–Trinajstić information content (AvgIpc) is 2.82. The van der Waals surface area contributed by atoms with Crippen LogP contribution in [0.3, 0.4) is 0 Å². The number of hydrogen-bond acceptors (Lipinski definition) is 6. The lowest BCUT2D eigenvalue weighted by Crippen LogP contribution is -2.46. The number of rotatable bonds is 5. The molecule has 0 aliphatic carbocycles. The summed E-state index contributed by atoms with van der Waals surface area (Å²) in [5.74, 6) is -2.25. The number of nitrogens with one attached hydrogen (secondary N) is 1. The van der Waals surface area contributed by atoms with Crippen molar-refractivity contribution in [3.63, 3.8) is 0 Å². The summed E-state index contributed by atoms with van der Waals surface area (Å²) in [5.41, 5.74) is 5.29. The topological polar surface area (TPSA) is 136 Å². The molecule has 3 rings (SSSR count). The van der Waals surface area contributed by atoms with Gasteiger partial charge in [-0.25, -0.2) is 13.2 Å². The van der Waals surface area contributed by atoms with E-state index in [9.17, 15) is 22.8 Å². The summed E-state index contributed by atoms with van der Waals surface area (Å²) in [7, 11) is -3.93. The Labute approximate surface area is 161 Å². The highest BCUT2D eigenvalue weighted by molar-refractivity contribution is 7.93. The van der Waals surface area contributed by atoms with Gasteiger partial charge in [-0.15, -0.1) is 0 Å². The Morgan fingerprint density at radius 2 is 1.79 bits per heavy atom. The van der Waals surface area contributed by atoms with Gasteiger partial charge in [0, 0.05) is 5.39 Å². The van der Waals surface area contributed by atoms with Crippen molar-refractivity contribution < 1.29 is 27.5 Å². The summed E-state index contributed by atoms with van der Waals surface area (Å²) in [6.07, 6.45) is -1.29. The minimum Gasteiger partial charge on any atom is -0.451 e. The number of nitrogens with zero attached hydrogens (tertiary/aromatic N) is 1. The third-order valence-corrected chi connectivity index (χ3v) is 6.12. The van der Waals surface area contributed by atoms with Crippen molar-refractivity contribution in [1.29, 1.82) is 0 Å². The minimum absolute atomic E-state index is 0.111. The van der Waals surface area contributed by atoms with E-state index < -0.39 is 46.5 Å². The van der Waals surface area contributed by atoms with Gasteiger partial charge < -0.3 is 10.5 Å². The van der Waals surface area contributed by atoms with Gasteiger partial charge >= 0.3 is 12.0 Å². The first-order valence-corrected chi connectivity index (χ1v) is 9.91. The minimum atomic E-state index is -3.93. The number of amides is 3. The monoisotopic (exact) mass is 405 g/mol. The molecule has 28 heavy (non-hydrogen) atoms. The summed E-state index contributed by atoms with van der Waals surface area (Å²) in [6.45, 7) is 2.62. The van der Waals surface area contributed by atoms with E-state index in [0.29, 0.717) is 11.1 Å². The van der Waals surface area contributed by atoms with Crippen LogP contribution in [0.15, 0.2) is 41.3 Å². The Bertz CT molecular complexity index is 1070. The molecule has 1 heterocycles. The normalized spacial score (nSPS) is 15.5. The van der Waals surface area contributed by atoms with Gasteiger partial charge in [-0.3, -0.25) is 19.2 Å². The number of hydrogen-bond donors (Lipinski definition) is 2. The number of carbonyl (C=O) groups is 3. The summed E-state index contributed by atoms with van der Waals surface area (Å²) in [4.78, 5) is 35.4. The second kappa shape index (κ2) is 7.12. The van der Waals surface area contributed by atoms with Crippen LogP contribution in [-0.2, 0) is 24.3 Å². The standard InChI is InChI=1S/C18H19N3O6S/c1-10(2)16(17(23)20-18(19)24)27-14(22)9-21-12-7-3-5-11-6-4-8-13(15(11)12)28(21,25)26/h3-8,10,16H,9H2,1-2H3,(H3,19,20,23,24)/t16-/m0/s1. The Morgan fingerprint density at radius 3 is 2.39 bits per heavy atom. The van der Waals surface area contributed by atoms with Crippen molar-refractivity contribution >= 4 is 44.4 Å². The Morgan fingerprint density at radius 1 is 1.14 bits per heavy atom. The summed E-state index contributed by atoms with van der Waals surface area (Å²) < 4.78 is 31.9. The Hall–Kier alpha value is -3.14. The third-order valence-electron chi connectivity index (χ3n) is 4.32. The largest absolute Gasteiger partial charge is 0.451 e. The molecule has 1 aliphatic rings. The van der Waals surface area contributed by atoms with E-state index >= 15 is 0 Å². The van der Waals surface area contributed by atoms with Gasteiger partial charge in [-0.1, -0.05) is 38.1 Å². The van der Waals surface area contributed by atoms with E-state index in [-0.39, 0.29) is 4.90 Å². The van der Waals surface area contributed by atoms with Crippen molar-refractivity contribution in [2.75, 3.05) is 10.8 Å². The van der Waals surface area contributed by atoms with Crippen LogP contribution in [0.2, 0.25) is 0 Å². The number of esters is 1. The summed E-state index contributed by atoms with van der Waals surface area (Å²) in [6, 6.07) is 8.89. The third kappa shape index (κ3) is 3.38. The highest BCUT2D eigenvalue weighted by Crippen LogP contribution is 2.41. The molecular formula is C18H19N3O6S. The molecule has 3 N–H and O–H groups in total. The molecule has 1 atom stereocenters. The Kier molecular flexibility index (Phi) is 4.99. The molecule has 0 unspecified atom stereocenters. The zero-order chi connectivity index (χ0) is 20.6. The number of nitrogens with two attached hydrogens (primary N) is 1. The lowest BCUT2D eigenvalue weighted by molar-refractivity contribution is -0.156. The molecule has 0 bridgehead atoms. The molecule has 0 aromatic heterocycles. The van der Waals surface area contributed by atoms with E-state index in [1.807, 2.05) is 5.32 Å². The highest BCUT2D eigenvalue weighted by atomic mass is 32.2. The maximum absolute atomic E-state index is 12.9. The van der Waals surface area contributed by atoms with Crippen LogP contribution in [0.1, 0.15) is 13.8 Å². The van der Waals surface area contributed by atoms with Crippen LogP contribution < -0.4 is 15.4 Å². The van der Waals surface area contributed by atoms with E-state index in [1.54, 1.807) is 44.2 Å². The molecule has 0 spiro atoms. The van der Waals surface area contributed by atoms with Crippen molar-refractivity contribution in [2.24, 2.45) is 11.7 Å². The van der Waals surface area contributed by atoms with Crippen molar-refractivity contribution in [3.8, 4) is 0 Å². The lowest BCUT2D eigenvalue weighted by atomic mass is 10.1. The molecule has 148 valence electrons. The summed E-state index contributed by atoms with van der Waals surface area (Å²) >= 11 is 0. The van der Waals surface area contributed by atoms with Crippen LogP contribution in [-0.4, -0.2) is 39.0 Å². The molecule has 3 amide bonds. The van der Waals surface area contributed by atoms with E-state index in [2.05, 4.69) is 0 Å². The van der Waals surface area contributed by atoms with Gasteiger partial charge in [0.2, 0.25) is 0 Å². The van der Waals surface area contributed by atoms with Gasteiger partial charge in [0.05, 0.1) is 10.6 Å². The summed E-state index contributed by atoms with van der Waals surface area (Å²) in [5, 5.41) is 3.12.